The van der Waals surface area contributed by atoms with Crippen molar-refractivity contribution in [1.82, 2.24) is 0 Å². The molecule has 0 aliphatic heterocycles. The molecule has 14 heavy (non-hydrogen) atoms. The molecule has 0 aromatic carbocycles. The first-order chi connectivity index (χ1) is 6.65. The highest BCUT2D eigenvalue weighted by Gasteiger charge is 2.26. The van der Waals surface area contributed by atoms with E-state index >= 15 is 0 Å². The minimum absolute atomic E-state index is 0.304. The zero-order chi connectivity index (χ0) is 10.6. The van der Waals surface area contributed by atoms with Crippen molar-refractivity contribution >= 4 is 5.78 Å². The molecule has 0 spiro atoms. The highest BCUT2D eigenvalue weighted by atomic mass is 16.1. The van der Waals surface area contributed by atoms with E-state index in [1.54, 1.807) is 0 Å². The van der Waals surface area contributed by atoms with Gasteiger partial charge in [-0.05, 0) is 25.2 Å². The van der Waals surface area contributed by atoms with E-state index in [1.807, 2.05) is 0 Å². The Bertz CT molecular complexity index is 178. The molecule has 0 aromatic rings. The van der Waals surface area contributed by atoms with Crippen molar-refractivity contribution in [2.75, 3.05) is 0 Å². The van der Waals surface area contributed by atoms with E-state index in [9.17, 15) is 4.79 Å². The third kappa shape index (κ3) is 3.11. The molecule has 0 bridgehead atoms. The van der Waals surface area contributed by atoms with Gasteiger partial charge in [-0.3, -0.25) is 4.79 Å². The van der Waals surface area contributed by atoms with Gasteiger partial charge in [0.15, 0.2) is 0 Å². The Balaban J connectivity index is 2.37. The molecule has 1 rings (SSSR count). The first-order valence-corrected chi connectivity index (χ1v) is 6.18. The molecule has 0 amide bonds. The molecule has 0 aromatic heterocycles. The highest BCUT2D eigenvalue weighted by Crippen LogP contribution is 2.31. The van der Waals surface area contributed by atoms with Crippen LogP contribution >= 0.6 is 0 Å². The molecule has 82 valence electrons. The minimum Gasteiger partial charge on any atom is -0.299 e. The highest BCUT2D eigenvalue weighted by molar-refractivity contribution is 5.83. The van der Waals surface area contributed by atoms with Crippen LogP contribution in [0.15, 0.2) is 0 Å². The topological polar surface area (TPSA) is 17.1 Å². The van der Waals surface area contributed by atoms with Crippen molar-refractivity contribution in [3.05, 3.63) is 0 Å². The average Bonchev–Trinajstić information content (AvgIpc) is 2.18. The maximum absolute atomic E-state index is 12.0. The van der Waals surface area contributed by atoms with Gasteiger partial charge in [0.05, 0.1) is 0 Å². The monoisotopic (exact) mass is 196 g/mol. The fourth-order valence-electron chi connectivity index (χ4n) is 2.52. The SMILES string of the molecule is CCCC(C)C(=O)C1CCC(C)CC1. The van der Waals surface area contributed by atoms with Crippen LogP contribution in [0, 0.1) is 17.8 Å². The summed E-state index contributed by atoms with van der Waals surface area (Å²) in [6.07, 6.45) is 7.02. The molecule has 1 fully saturated rings. The van der Waals surface area contributed by atoms with Crippen LogP contribution in [0.3, 0.4) is 0 Å². The van der Waals surface area contributed by atoms with Crippen LogP contribution in [-0.4, -0.2) is 5.78 Å². The summed E-state index contributed by atoms with van der Waals surface area (Å²) in [5, 5.41) is 0. The molecule has 1 unspecified atom stereocenters. The van der Waals surface area contributed by atoms with Gasteiger partial charge in [0, 0.05) is 11.8 Å². The summed E-state index contributed by atoms with van der Waals surface area (Å²) in [5.74, 6) is 2.09. The molecule has 0 heterocycles. The fourth-order valence-corrected chi connectivity index (χ4v) is 2.52. The van der Waals surface area contributed by atoms with Gasteiger partial charge in [0.1, 0.15) is 5.78 Å². The van der Waals surface area contributed by atoms with E-state index in [0.717, 1.165) is 31.6 Å². The molecule has 1 heteroatoms. The molecule has 0 saturated heterocycles. The lowest BCUT2D eigenvalue weighted by atomic mass is 9.77. The summed E-state index contributed by atoms with van der Waals surface area (Å²) in [5.41, 5.74) is 0. The number of carbonyl (C=O) groups excluding carboxylic acids is 1. The molecular formula is C13H24O. The van der Waals surface area contributed by atoms with Gasteiger partial charge in [-0.1, -0.05) is 40.0 Å². The van der Waals surface area contributed by atoms with E-state index < -0.39 is 0 Å². The molecule has 0 N–H and O–H groups in total. The Kier molecular flexibility index (Phi) is 4.64. The van der Waals surface area contributed by atoms with Crippen molar-refractivity contribution in [1.29, 1.82) is 0 Å². The summed E-state index contributed by atoms with van der Waals surface area (Å²) in [6, 6.07) is 0. The standard InChI is InChI=1S/C13H24O/c1-4-5-11(3)13(14)12-8-6-10(2)7-9-12/h10-12H,4-9H2,1-3H3. The number of hydrogen-bond acceptors (Lipinski definition) is 1. The van der Waals surface area contributed by atoms with Crippen LogP contribution in [0.1, 0.15) is 59.3 Å². The first-order valence-electron chi connectivity index (χ1n) is 6.18. The van der Waals surface area contributed by atoms with Crippen LogP contribution in [0.5, 0.6) is 0 Å². The molecule has 1 atom stereocenters. The van der Waals surface area contributed by atoms with Crippen molar-refractivity contribution in [2.24, 2.45) is 17.8 Å². The summed E-state index contributed by atoms with van der Waals surface area (Å²) < 4.78 is 0. The first kappa shape index (κ1) is 11.7. The van der Waals surface area contributed by atoms with Crippen molar-refractivity contribution in [2.45, 2.75) is 59.3 Å². The molecule has 1 nitrogen and oxygen atoms in total. The van der Waals surface area contributed by atoms with Gasteiger partial charge in [-0.25, -0.2) is 0 Å². The summed E-state index contributed by atoms with van der Waals surface area (Å²) in [7, 11) is 0. The van der Waals surface area contributed by atoms with Gasteiger partial charge in [-0.15, -0.1) is 0 Å². The molecular weight excluding hydrogens is 172 g/mol. The smallest absolute Gasteiger partial charge is 0.138 e. The van der Waals surface area contributed by atoms with Gasteiger partial charge < -0.3 is 0 Å². The Labute approximate surface area is 88.3 Å². The lowest BCUT2D eigenvalue weighted by molar-refractivity contribution is -0.127. The van der Waals surface area contributed by atoms with E-state index in [1.165, 1.54) is 12.8 Å². The molecule has 1 aliphatic rings. The largest absolute Gasteiger partial charge is 0.299 e. The van der Waals surface area contributed by atoms with Gasteiger partial charge in [0.2, 0.25) is 0 Å². The third-order valence-electron chi connectivity index (χ3n) is 3.63. The summed E-state index contributed by atoms with van der Waals surface area (Å²) in [6.45, 7) is 6.56. The van der Waals surface area contributed by atoms with E-state index in [4.69, 9.17) is 0 Å². The van der Waals surface area contributed by atoms with Crippen LogP contribution in [0.4, 0.5) is 0 Å². The quantitative estimate of drug-likeness (QED) is 0.668. The third-order valence-corrected chi connectivity index (χ3v) is 3.63. The molecule has 0 radical (unpaired) electrons. The fraction of sp³-hybridized carbons (Fsp3) is 0.923. The van der Waals surface area contributed by atoms with E-state index in [0.29, 0.717) is 17.6 Å². The number of rotatable bonds is 4. The number of carbonyl (C=O) groups is 1. The molecule has 1 aliphatic carbocycles. The van der Waals surface area contributed by atoms with Crippen LogP contribution < -0.4 is 0 Å². The Morgan fingerprint density at radius 1 is 1.29 bits per heavy atom. The maximum atomic E-state index is 12.0. The van der Waals surface area contributed by atoms with Crippen LogP contribution in [-0.2, 0) is 4.79 Å². The lowest BCUT2D eigenvalue weighted by Gasteiger charge is -2.27. The average molecular weight is 196 g/mol. The van der Waals surface area contributed by atoms with E-state index in [-0.39, 0.29) is 0 Å². The Hall–Kier alpha value is -0.330. The van der Waals surface area contributed by atoms with Crippen molar-refractivity contribution < 1.29 is 4.79 Å². The van der Waals surface area contributed by atoms with Crippen molar-refractivity contribution in [3.8, 4) is 0 Å². The normalized spacial score (nSPS) is 29.9. The second-order valence-corrected chi connectivity index (χ2v) is 5.05. The Morgan fingerprint density at radius 2 is 1.86 bits per heavy atom. The number of Topliss-reactive ketones (excluding diaryl/α,β-unsaturated/α-hetero) is 1. The summed E-state index contributed by atoms with van der Waals surface area (Å²) >= 11 is 0. The maximum Gasteiger partial charge on any atom is 0.138 e. The van der Waals surface area contributed by atoms with Gasteiger partial charge in [0.25, 0.3) is 0 Å². The zero-order valence-electron chi connectivity index (χ0n) is 9.88. The summed E-state index contributed by atoms with van der Waals surface area (Å²) in [4.78, 5) is 12.0. The molecule has 1 saturated carbocycles. The Morgan fingerprint density at radius 3 is 2.36 bits per heavy atom. The lowest BCUT2D eigenvalue weighted by Crippen LogP contribution is -2.25. The zero-order valence-corrected chi connectivity index (χ0v) is 9.88. The second kappa shape index (κ2) is 5.53. The minimum atomic E-state index is 0.304. The van der Waals surface area contributed by atoms with Gasteiger partial charge >= 0.3 is 0 Å². The second-order valence-electron chi connectivity index (χ2n) is 5.05. The van der Waals surface area contributed by atoms with Crippen LogP contribution in [0.25, 0.3) is 0 Å². The predicted octanol–water partition coefficient (Wildman–Crippen LogP) is 3.82. The van der Waals surface area contributed by atoms with Gasteiger partial charge in [-0.2, -0.15) is 0 Å². The number of hydrogen-bond donors (Lipinski definition) is 0. The number of ketones is 1. The van der Waals surface area contributed by atoms with Crippen molar-refractivity contribution in [3.63, 3.8) is 0 Å². The van der Waals surface area contributed by atoms with Crippen LogP contribution in [0.2, 0.25) is 0 Å². The van der Waals surface area contributed by atoms with E-state index in [2.05, 4.69) is 20.8 Å². The predicted molar refractivity (Wildman–Crippen MR) is 60.2 cm³/mol.